The lowest BCUT2D eigenvalue weighted by Crippen LogP contribution is -2.19. The number of nitrogens with two attached hydrogens (primary N) is 1. The SMILES string of the molecule is N#Cc1c(N)cc(Br)nc1OC(F)(F)F. The van der Waals surface area contributed by atoms with E-state index in [4.69, 9.17) is 11.0 Å². The lowest BCUT2D eigenvalue weighted by Gasteiger charge is -2.10. The maximum Gasteiger partial charge on any atom is 0.574 e. The molecule has 1 aromatic heterocycles. The smallest absolute Gasteiger partial charge is 0.397 e. The molecule has 0 saturated carbocycles. The van der Waals surface area contributed by atoms with Crippen LogP contribution in [0.3, 0.4) is 0 Å². The van der Waals surface area contributed by atoms with Crippen molar-refractivity contribution in [1.82, 2.24) is 4.98 Å². The number of ether oxygens (including phenoxy) is 1. The molecule has 2 N–H and O–H groups in total. The number of pyridine rings is 1. The number of hydrogen-bond acceptors (Lipinski definition) is 4. The molecule has 4 nitrogen and oxygen atoms in total. The number of alkyl halides is 3. The van der Waals surface area contributed by atoms with E-state index in [1.807, 2.05) is 0 Å². The Labute approximate surface area is 90.6 Å². The minimum absolute atomic E-state index is 0.0539. The summed E-state index contributed by atoms with van der Waals surface area (Å²) in [6.07, 6.45) is -4.91. The number of nitrogen functional groups attached to an aromatic ring is 1. The first-order valence-electron chi connectivity index (χ1n) is 3.45. The predicted molar refractivity (Wildman–Crippen MR) is 47.7 cm³/mol. The number of rotatable bonds is 1. The van der Waals surface area contributed by atoms with Crippen molar-refractivity contribution in [2.24, 2.45) is 0 Å². The molecule has 15 heavy (non-hydrogen) atoms. The molecule has 0 saturated heterocycles. The molecular formula is C7H3BrF3N3O. The van der Waals surface area contributed by atoms with Crippen molar-refractivity contribution in [1.29, 1.82) is 5.26 Å². The summed E-state index contributed by atoms with van der Waals surface area (Å²) in [5, 5.41) is 8.55. The third-order valence-electron chi connectivity index (χ3n) is 1.31. The zero-order valence-electron chi connectivity index (χ0n) is 6.97. The lowest BCUT2D eigenvalue weighted by molar-refractivity contribution is -0.276. The molecule has 0 aliphatic carbocycles. The first-order chi connectivity index (χ1) is 6.83. The van der Waals surface area contributed by atoms with Crippen molar-refractivity contribution < 1.29 is 17.9 Å². The van der Waals surface area contributed by atoms with Gasteiger partial charge in [0.2, 0.25) is 5.88 Å². The zero-order valence-corrected chi connectivity index (χ0v) is 8.56. The third-order valence-corrected chi connectivity index (χ3v) is 1.72. The van der Waals surface area contributed by atoms with Crippen molar-refractivity contribution in [3.63, 3.8) is 0 Å². The van der Waals surface area contributed by atoms with Gasteiger partial charge in [-0.15, -0.1) is 13.2 Å². The van der Waals surface area contributed by atoms with Crippen LogP contribution < -0.4 is 10.5 Å². The van der Waals surface area contributed by atoms with Gasteiger partial charge in [-0.1, -0.05) is 0 Å². The third kappa shape index (κ3) is 2.99. The second-order valence-electron chi connectivity index (χ2n) is 2.37. The maximum absolute atomic E-state index is 11.9. The molecule has 0 unspecified atom stereocenters. The molecule has 80 valence electrons. The Hall–Kier alpha value is -1.49. The van der Waals surface area contributed by atoms with E-state index in [1.54, 1.807) is 0 Å². The van der Waals surface area contributed by atoms with E-state index in [0.29, 0.717) is 0 Å². The van der Waals surface area contributed by atoms with Gasteiger partial charge in [-0.25, -0.2) is 4.98 Å². The highest BCUT2D eigenvalue weighted by atomic mass is 79.9. The van der Waals surface area contributed by atoms with Crippen LogP contribution >= 0.6 is 15.9 Å². The normalized spacial score (nSPS) is 10.9. The molecule has 0 amide bonds. The topological polar surface area (TPSA) is 71.9 Å². The maximum atomic E-state index is 11.9. The number of halogens is 4. The summed E-state index contributed by atoms with van der Waals surface area (Å²) in [6, 6.07) is 2.69. The van der Waals surface area contributed by atoms with E-state index in [-0.39, 0.29) is 10.3 Å². The average molecular weight is 282 g/mol. The number of nitrogens with zero attached hydrogens (tertiary/aromatic N) is 2. The first-order valence-corrected chi connectivity index (χ1v) is 4.24. The second-order valence-corrected chi connectivity index (χ2v) is 3.19. The number of hydrogen-bond donors (Lipinski definition) is 1. The summed E-state index contributed by atoms with van der Waals surface area (Å²) >= 11 is 2.84. The Morgan fingerprint density at radius 2 is 2.13 bits per heavy atom. The van der Waals surface area contributed by atoms with Gasteiger partial charge in [-0.2, -0.15) is 5.26 Å². The molecule has 1 rings (SSSR count). The van der Waals surface area contributed by atoms with Gasteiger partial charge in [0.25, 0.3) is 0 Å². The molecule has 0 bridgehead atoms. The van der Waals surface area contributed by atoms with E-state index in [2.05, 4.69) is 25.7 Å². The van der Waals surface area contributed by atoms with Crippen molar-refractivity contribution in [2.75, 3.05) is 5.73 Å². The van der Waals surface area contributed by atoms with Crippen LogP contribution in [-0.2, 0) is 0 Å². The van der Waals surface area contributed by atoms with E-state index >= 15 is 0 Å². The Balaban J connectivity index is 3.23. The summed E-state index contributed by atoms with van der Waals surface area (Å²) in [5.41, 5.74) is 4.72. The highest BCUT2D eigenvalue weighted by Gasteiger charge is 2.33. The number of aromatic nitrogens is 1. The Bertz CT molecular complexity index is 427. The average Bonchev–Trinajstić information content (AvgIpc) is 1.99. The highest BCUT2D eigenvalue weighted by molar-refractivity contribution is 9.10. The van der Waals surface area contributed by atoms with Gasteiger partial charge in [-0.3, -0.25) is 0 Å². The monoisotopic (exact) mass is 281 g/mol. The van der Waals surface area contributed by atoms with Crippen LogP contribution in [0.4, 0.5) is 18.9 Å². The van der Waals surface area contributed by atoms with Gasteiger partial charge in [-0.05, 0) is 22.0 Å². The van der Waals surface area contributed by atoms with Crippen LogP contribution in [-0.4, -0.2) is 11.3 Å². The lowest BCUT2D eigenvalue weighted by atomic mass is 10.2. The fraction of sp³-hybridized carbons (Fsp3) is 0.143. The molecular weight excluding hydrogens is 279 g/mol. The predicted octanol–water partition coefficient (Wildman–Crippen LogP) is 2.20. The summed E-state index contributed by atoms with van der Waals surface area (Å²) in [4.78, 5) is 3.36. The molecule has 0 spiro atoms. The van der Waals surface area contributed by atoms with Crippen LogP contribution in [0.2, 0.25) is 0 Å². The van der Waals surface area contributed by atoms with E-state index in [9.17, 15) is 13.2 Å². The minimum atomic E-state index is -4.91. The zero-order chi connectivity index (χ0) is 11.6. The molecule has 0 atom stereocenters. The summed E-state index contributed by atoms with van der Waals surface area (Å²) in [7, 11) is 0. The van der Waals surface area contributed by atoms with Crippen molar-refractivity contribution in [3.8, 4) is 11.9 Å². The number of anilines is 1. The molecule has 0 radical (unpaired) electrons. The highest BCUT2D eigenvalue weighted by Crippen LogP contribution is 2.29. The second kappa shape index (κ2) is 3.94. The van der Waals surface area contributed by atoms with Crippen LogP contribution in [0, 0.1) is 11.3 Å². The fourth-order valence-electron chi connectivity index (χ4n) is 0.805. The molecule has 0 fully saturated rings. The van der Waals surface area contributed by atoms with Gasteiger partial charge in [0.15, 0.2) is 0 Å². The molecule has 0 aliphatic heterocycles. The molecule has 1 heterocycles. The van der Waals surface area contributed by atoms with Crippen molar-refractivity contribution in [2.45, 2.75) is 6.36 Å². The van der Waals surface area contributed by atoms with E-state index in [1.165, 1.54) is 12.1 Å². The Kier molecular flexibility index (Phi) is 3.04. The van der Waals surface area contributed by atoms with Gasteiger partial charge in [0.1, 0.15) is 16.2 Å². The van der Waals surface area contributed by atoms with Crippen molar-refractivity contribution >= 4 is 21.6 Å². The molecule has 0 aliphatic rings. The van der Waals surface area contributed by atoms with E-state index in [0.717, 1.165) is 0 Å². The van der Waals surface area contributed by atoms with E-state index < -0.39 is 17.8 Å². The quantitative estimate of drug-likeness (QED) is 0.801. The molecule has 1 aromatic rings. The number of nitriles is 1. The van der Waals surface area contributed by atoms with Gasteiger partial charge >= 0.3 is 6.36 Å². The van der Waals surface area contributed by atoms with Crippen molar-refractivity contribution in [3.05, 3.63) is 16.2 Å². The summed E-state index contributed by atoms with van der Waals surface area (Å²) in [5.74, 6) is -0.864. The largest absolute Gasteiger partial charge is 0.574 e. The summed E-state index contributed by atoms with van der Waals surface area (Å²) in [6.45, 7) is 0. The summed E-state index contributed by atoms with van der Waals surface area (Å²) < 4.78 is 39.3. The van der Waals surface area contributed by atoms with Crippen LogP contribution in [0.25, 0.3) is 0 Å². The fourth-order valence-corrected chi connectivity index (χ4v) is 1.21. The minimum Gasteiger partial charge on any atom is -0.397 e. The Morgan fingerprint density at radius 1 is 1.53 bits per heavy atom. The molecule has 8 heteroatoms. The Morgan fingerprint density at radius 3 is 2.60 bits per heavy atom. The van der Waals surface area contributed by atoms with Crippen LogP contribution in [0.1, 0.15) is 5.56 Å². The van der Waals surface area contributed by atoms with Crippen LogP contribution in [0.5, 0.6) is 5.88 Å². The van der Waals surface area contributed by atoms with Gasteiger partial charge in [0.05, 0.1) is 5.69 Å². The first kappa shape index (κ1) is 11.6. The molecule has 0 aromatic carbocycles. The van der Waals surface area contributed by atoms with Gasteiger partial charge < -0.3 is 10.5 Å². The standard InChI is InChI=1S/C7H3BrF3N3O/c8-5-1-4(13)3(2-12)6(14-5)15-7(9,10)11/h1H,(H2,13,14). The van der Waals surface area contributed by atoms with Crippen LogP contribution in [0.15, 0.2) is 10.7 Å². The van der Waals surface area contributed by atoms with Gasteiger partial charge in [0, 0.05) is 0 Å².